The molecule has 1 aliphatic rings. The summed E-state index contributed by atoms with van der Waals surface area (Å²) in [7, 11) is -1.84. The summed E-state index contributed by atoms with van der Waals surface area (Å²) in [6.07, 6.45) is 5.49. The van der Waals surface area contributed by atoms with Gasteiger partial charge in [-0.15, -0.1) is 0 Å². The van der Waals surface area contributed by atoms with E-state index in [1.165, 1.54) is 12.4 Å². The van der Waals surface area contributed by atoms with Crippen molar-refractivity contribution >= 4 is 16.0 Å². The van der Waals surface area contributed by atoms with Gasteiger partial charge in [0, 0.05) is 13.1 Å². The number of nitrogens with one attached hydrogen (secondary N) is 2. The van der Waals surface area contributed by atoms with Crippen LogP contribution in [0.1, 0.15) is 33.1 Å². The highest BCUT2D eigenvalue weighted by Crippen LogP contribution is 2.30. The van der Waals surface area contributed by atoms with Crippen molar-refractivity contribution < 1.29 is 8.42 Å². The first-order valence-corrected chi connectivity index (χ1v) is 8.43. The first-order valence-electron chi connectivity index (χ1n) is 6.94. The van der Waals surface area contributed by atoms with Crippen LogP contribution in [0, 0.1) is 11.8 Å². The maximum atomic E-state index is 12.3. The molecule has 0 amide bonds. The highest BCUT2D eigenvalue weighted by molar-refractivity contribution is 7.89. The van der Waals surface area contributed by atoms with E-state index in [9.17, 15) is 8.42 Å². The van der Waals surface area contributed by atoms with E-state index in [-0.39, 0.29) is 10.9 Å². The average molecular weight is 298 g/mol. The molecule has 6 nitrogen and oxygen atoms in total. The molecule has 2 N–H and O–H groups in total. The van der Waals surface area contributed by atoms with Crippen LogP contribution in [0.4, 0.5) is 5.95 Å². The van der Waals surface area contributed by atoms with E-state index >= 15 is 0 Å². The van der Waals surface area contributed by atoms with Gasteiger partial charge in [-0.2, -0.15) is 0 Å². The van der Waals surface area contributed by atoms with Crippen LogP contribution in [-0.4, -0.2) is 31.5 Å². The van der Waals surface area contributed by atoms with Crippen molar-refractivity contribution in [3.63, 3.8) is 0 Å². The Morgan fingerprint density at radius 2 is 1.80 bits per heavy atom. The molecule has 0 bridgehead atoms. The Morgan fingerprint density at radius 1 is 1.15 bits per heavy atom. The maximum Gasteiger partial charge on any atom is 0.243 e. The van der Waals surface area contributed by atoms with Crippen molar-refractivity contribution in [2.75, 3.05) is 12.4 Å². The predicted molar refractivity (Wildman–Crippen MR) is 77.9 cm³/mol. The number of sulfonamides is 1. The quantitative estimate of drug-likeness (QED) is 0.882. The lowest BCUT2D eigenvalue weighted by molar-refractivity contribution is 0.242. The van der Waals surface area contributed by atoms with Gasteiger partial charge in [-0.3, -0.25) is 0 Å². The second kappa shape index (κ2) is 6.05. The van der Waals surface area contributed by atoms with Gasteiger partial charge in [0.2, 0.25) is 16.0 Å². The molecular weight excluding hydrogens is 276 g/mol. The van der Waals surface area contributed by atoms with Gasteiger partial charge in [-0.25, -0.2) is 23.1 Å². The first-order chi connectivity index (χ1) is 9.42. The highest BCUT2D eigenvalue weighted by Gasteiger charge is 2.28. The molecule has 20 heavy (non-hydrogen) atoms. The molecule has 1 fully saturated rings. The van der Waals surface area contributed by atoms with E-state index in [4.69, 9.17) is 0 Å². The molecule has 0 aliphatic heterocycles. The lowest BCUT2D eigenvalue weighted by atomic mass is 9.79. The number of anilines is 1. The second-order valence-corrected chi connectivity index (χ2v) is 7.29. The Balaban J connectivity index is 2.07. The van der Waals surface area contributed by atoms with Crippen molar-refractivity contribution in [1.29, 1.82) is 0 Å². The van der Waals surface area contributed by atoms with Crippen molar-refractivity contribution in [3.05, 3.63) is 12.4 Å². The van der Waals surface area contributed by atoms with E-state index in [0.29, 0.717) is 17.8 Å². The smallest absolute Gasteiger partial charge is 0.243 e. The molecule has 1 aliphatic carbocycles. The minimum atomic E-state index is -3.53. The zero-order valence-electron chi connectivity index (χ0n) is 12.1. The number of aromatic nitrogens is 2. The standard InChI is InChI=1S/C13H22N4O2S/c1-9-4-5-11(6-10(9)2)17-20(18,19)12-7-15-13(14-3)16-8-12/h7-11,17H,4-6H2,1-3H3,(H,14,15,16). The maximum absolute atomic E-state index is 12.3. The zero-order chi connectivity index (χ0) is 14.8. The minimum Gasteiger partial charge on any atom is -0.357 e. The van der Waals surface area contributed by atoms with Gasteiger partial charge in [0.25, 0.3) is 0 Å². The zero-order valence-corrected chi connectivity index (χ0v) is 12.9. The molecule has 1 aromatic rings. The molecule has 0 aromatic carbocycles. The monoisotopic (exact) mass is 298 g/mol. The van der Waals surface area contributed by atoms with E-state index in [2.05, 4.69) is 33.9 Å². The van der Waals surface area contributed by atoms with E-state index in [1.54, 1.807) is 7.05 Å². The fourth-order valence-corrected chi connectivity index (χ4v) is 3.70. The molecule has 2 rings (SSSR count). The molecule has 0 saturated heterocycles. The lowest BCUT2D eigenvalue weighted by Gasteiger charge is -2.32. The van der Waals surface area contributed by atoms with Crippen LogP contribution in [0.25, 0.3) is 0 Å². The molecule has 1 saturated carbocycles. The van der Waals surface area contributed by atoms with Gasteiger partial charge in [-0.05, 0) is 31.1 Å². The summed E-state index contributed by atoms with van der Waals surface area (Å²) in [6, 6.07) is 0.00942. The fraction of sp³-hybridized carbons (Fsp3) is 0.692. The Kier molecular flexibility index (Phi) is 4.59. The van der Waals surface area contributed by atoms with Crippen LogP contribution >= 0.6 is 0 Å². The summed E-state index contributed by atoms with van der Waals surface area (Å²) in [5.41, 5.74) is 0. The Bertz CT molecular complexity index is 544. The molecule has 0 spiro atoms. The van der Waals surface area contributed by atoms with Gasteiger partial charge in [0.05, 0.1) is 12.4 Å². The predicted octanol–water partition coefficient (Wildman–Crippen LogP) is 1.62. The second-order valence-electron chi connectivity index (χ2n) is 5.58. The van der Waals surface area contributed by atoms with Crippen LogP contribution in [0.5, 0.6) is 0 Å². The van der Waals surface area contributed by atoms with E-state index < -0.39 is 10.0 Å². The summed E-state index contributed by atoms with van der Waals surface area (Å²) in [5.74, 6) is 1.61. The van der Waals surface area contributed by atoms with Crippen molar-refractivity contribution in [1.82, 2.24) is 14.7 Å². The summed E-state index contributed by atoms with van der Waals surface area (Å²) < 4.78 is 27.3. The Labute approximate surface area is 120 Å². The number of hydrogen-bond donors (Lipinski definition) is 2. The third-order valence-electron chi connectivity index (χ3n) is 4.08. The summed E-state index contributed by atoms with van der Waals surface area (Å²) in [6.45, 7) is 4.40. The molecule has 0 radical (unpaired) electrons. The fourth-order valence-electron chi connectivity index (χ4n) is 2.53. The van der Waals surface area contributed by atoms with E-state index in [1.807, 2.05) is 0 Å². The Morgan fingerprint density at radius 3 is 2.35 bits per heavy atom. The van der Waals surface area contributed by atoms with Gasteiger partial charge in [0.15, 0.2) is 0 Å². The van der Waals surface area contributed by atoms with Crippen molar-refractivity contribution in [2.45, 2.75) is 44.0 Å². The number of rotatable bonds is 4. The van der Waals surface area contributed by atoms with Crippen molar-refractivity contribution in [3.8, 4) is 0 Å². The lowest BCUT2D eigenvalue weighted by Crippen LogP contribution is -2.39. The summed E-state index contributed by atoms with van der Waals surface area (Å²) >= 11 is 0. The largest absolute Gasteiger partial charge is 0.357 e. The molecule has 7 heteroatoms. The SMILES string of the molecule is CNc1ncc(S(=O)(=O)NC2CCC(C)C(C)C2)cn1. The molecular formula is C13H22N4O2S. The average Bonchev–Trinajstić information content (AvgIpc) is 2.43. The highest BCUT2D eigenvalue weighted by atomic mass is 32.2. The first kappa shape index (κ1) is 15.2. The summed E-state index contributed by atoms with van der Waals surface area (Å²) in [5, 5.41) is 2.76. The van der Waals surface area contributed by atoms with E-state index in [0.717, 1.165) is 19.3 Å². The summed E-state index contributed by atoms with van der Waals surface area (Å²) in [4.78, 5) is 8.00. The molecule has 1 aromatic heterocycles. The van der Waals surface area contributed by atoms with Crippen LogP contribution in [0.2, 0.25) is 0 Å². The topological polar surface area (TPSA) is 84.0 Å². The third kappa shape index (κ3) is 3.46. The number of nitrogens with zero attached hydrogens (tertiary/aromatic N) is 2. The van der Waals surface area contributed by atoms with Crippen LogP contribution in [0.15, 0.2) is 17.3 Å². The normalized spacial score (nSPS) is 27.2. The minimum absolute atomic E-state index is 0.00942. The molecule has 112 valence electrons. The van der Waals surface area contributed by atoms with Crippen LogP contribution in [-0.2, 0) is 10.0 Å². The molecule has 3 unspecified atom stereocenters. The van der Waals surface area contributed by atoms with Gasteiger partial charge in [-0.1, -0.05) is 13.8 Å². The van der Waals surface area contributed by atoms with Gasteiger partial charge >= 0.3 is 0 Å². The number of hydrogen-bond acceptors (Lipinski definition) is 5. The van der Waals surface area contributed by atoms with Gasteiger partial charge < -0.3 is 5.32 Å². The molecule has 1 heterocycles. The van der Waals surface area contributed by atoms with Crippen LogP contribution in [0.3, 0.4) is 0 Å². The Hall–Kier alpha value is -1.21. The molecule has 3 atom stereocenters. The van der Waals surface area contributed by atoms with Crippen molar-refractivity contribution in [2.24, 2.45) is 11.8 Å². The third-order valence-corrected chi connectivity index (χ3v) is 5.56. The van der Waals surface area contributed by atoms with Crippen LogP contribution < -0.4 is 10.0 Å². The van der Waals surface area contributed by atoms with Gasteiger partial charge in [0.1, 0.15) is 4.90 Å².